The van der Waals surface area contributed by atoms with E-state index in [0.717, 1.165) is 17.7 Å². The summed E-state index contributed by atoms with van der Waals surface area (Å²) in [6, 6.07) is 12.3. The number of alkyl halides is 2. The second kappa shape index (κ2) is 6.55. The van der Waals surface area contributed by atoms with Crippen molar-refractivity contribution in [3.05, 3.63) is 71.3 Å². The van der Waals surface area contributed by atoms with E-state index in [2.05, 4.69) is 0 Å². The standard InChI is InChI=1S/C19H19F4N/c1-13-11-24(12-14-5-3-2-4-6-14)18(10-19(13,22)23)15-7-8-16(20)17(21)9-15/h2-9,13,18H,10-12H2,1H3/t13?,18-/m0/s1. The van der Waals surface area contributed by atoms with Crippen molar-refractivity contribution in [3.63, 3.8) is 0 Å². The van der Waals surface area contributed by atoms with Crippen molar-refractivity contribution in [2.45, 2.75) is 31.9 Å². The van der Waals surface area contributed by atoms with Gasteiger partial charge in [-0.3, -0.25) is 4.90 Å². The minimum atomic E-state index is -2.83. The van der Waals surface area contributed by atoms with Crippen LogP contribution in [-0.2, 0) is 6.54 Å². The third kappa shape index (κ3) is 3.46. The molecule has 24 heavy (non-hydrogen) atoms. The Labute approximate surface area is 138 Å². The second-order valence-electron chi connectivity index (χ2n) is 6.47. The molecule has 2 aromatic carbocycles. The maximum Gasteiger partial charge on any atom is 0.253 e. The molecule has 0 spiro atoms. The van der Waals surface area contributed by atoms with Gasteiger partial charge in [-0.2, -0.15) is 0 Å². The normalized spacial score (nSPS) is 24.0. The van der Waals surface area contributed by atoms with Crippen molar-refractivity contribution in [3.8, 4) is 0 Å². The van der Waals surface area contributed by atoms with E-state index in [1.54, 1.807) is 0 Å². The fraction of sp³-hybridized carbons (Fsp3) is 0.368. The van der Waals surface area contributed by atoms with E-state index in [-0.39, 0.29) is 6.54 Å². The molecule has 1 aliphatic heterocycles. The number of rotatable bonds is 3. The smallest absolute Gasteiger partial charge is 0.253 e. The average Bonchev–Trinajstić information content (AvgIpc) is 2.54. The highest BCUT2D eigenvalue weighted by Crippen LogP contribution is 2.43. The van der Waals surface area contributed by atoms with Crippen LogP contribution >= 0.6 is 0 Å². The van der Waals surface area contributed by atoms with Crippen LogP contribution in [-0.4, -0.2) is 17.4 Å². The highest BCUT2D eigenvalue weighted by Gasteiger charge is 2.46. The van der Waals surface area contributed by atoms with Crippen LogP contribution < -0.4 is 0 Å². The van der Waals surface area contributed by atoms with Crippen LogP contribution in [0.25, 0.3) is 0 Å². The maximum atomic E-state index is 14.2. The highest BCUT2D eigenvalue weighted by atomic mass is 19.3. The zero-order valence-corrected chi connectivity index (χ0v) is 13.4. The van der Waals surface area contributed by atoms with Gasteiger partial charge in [0.05, 0.1) is 0 Å². The minimum absolute atomic E-state index is 0.200. The molecule has 0 saturated carbocycles. The first kappa shape index (κ1) is 17.0. The van der Waals surface area contributed by atoms with E-state index in [1.165, 1.54) is 13.0 Å². The van der Waals surface area contributed by atoms with Gasteiger partial charge in [-0.25, -0.2) is 17.6 Å². The van der Waals surface area contributed by atoms with Gasteiger partial charge < -0.3 is 0 Å². The Morgan fingerprint density at radius 3 is 2.42 bits per heavy atom. The van der Waals surface area contributed by atoms with Crippen molar-refractivity contribution in [1.82, 2.24) is 4.90 Å². The van der Waals surface area contributed by atoms with Crippen LogP contribution in [0.4, 0.5) is 17.6 Å². The van der Waals surface area contributed by atoms with Gasteiger partial charge in [0.25, 0.3) is 5.92 Å². The molecule has 5 heteroatoms. The van der Waals surface area contributed by atoms with Crippen LogP contribution in [0.3, 0.4) is 0 Å². The Morgan fingerprint density at radius 1 is 1.04 bits per heavy atom. The molecule has 0 amide bonds. The van der Waals surface area contributed by atoms with Gasteiger partial charge in [-0.1, -0.05) is 43.3 Å². The Balaban J connectivity index is 1.92. The molecule has 1 aliphatic rings. The summed E-state index contributed by atoms with van der Waals surface area (Å²) in [6.45, 7) is 2.22. The maximum absolute atomic E-state index is 14.2. The van der Waals surface area contributed by atoms with E-state index in [9.17, 15) is 17.6 Å². The first-order chi connectivity index (χ1) is 11.4. The molecule has 0 radical (unpaired) electrons. The molecule has 2 aromatic rings. The molecule has 1 saturated heterocycles. The second-order valence-corrected chi connectivity index (χ2v) is 6.47. The van der Waals surface area contributed by atoms with E-state index in [4.69, 9.17) is 0 Å². The molecular formula is C19H19F4N. The largest absolute Gasteiger partial charge is 0.291 e. The van der Waals surface area contributed by atoms with Crippen molar-refractivity contribution < 1.29 is 17.6 Å². The molecule has 0 N–H and O–H groups in total. The summed E-state index contributed by atoms with van der Waals surface area (Å²) >= 11 is 0. The number of likely N-dealkylation sites (tertiary alicyclic amines) is 1. The molecule has 1 nitrogen and oxygen atoms in total. The third-order valence-corrected chi connectivity index (χ3v) is 4.69. The quantitative estimate of drug-likeness (QED) is 0.697. The van der Waals surface area contributed by atoms with Crippen LogP contribution in [0.5, 0.6) is 0 Å². The molecule has 2 atom stereocenters. The highest BCUT2D eigenvalue weighted by molar-refractivity contribution is 5.24. The van der Waals surface area contributed by atoms with Crippen molar-refractivity contribution in [2.75, 3.05) is 6.54 Å². The molecule has 0 bridgehead atoms. The number of piperidine rings is 1. The summed E-state index contributed by atoms with van der Waals surface area (Å²) < 4.78 is 55.2. The lowest BCUT2D eigenvalue weighted by Gasteiger charge is -2.43. The molecule has 0 aromatic heterocycles. The molecular weight excluding hydrogens is 318 g/mol. The molecule has 128 valence electrons. The Bertz CT molecular complexity index is 702. The molecule has 1 fully saturated rings. The predicted molar refractivity (Wildman–Crippen MR) is 84.7 cm³/mol. The van der Waals surface area contributed by atoms with Gasteiger partial charge in [0.15, 0.2) is 11.6 Å². The SMILES string of the molecule is CC1CN(Cc2ccccc2)[C@H](c2ccc(F)c(F)c2)CC1(F)F. The molecule has 1 unspecified atom stereocenters. The number of benzene rings is 2. The van der Waals surface area contributed by atoms with Crippen LogP contribution in [0.15, 0.2) is 48.5 Å². The van der Waals surface area contributed by atoms with E-state index >= 15 is 0 Å². The average molecular weight is 337 g/mol. The van der Waals surface area contributed by atoms with E-state index in [0.29, 0.717) is 12.1 Å². The lowest BCUT2D eigenvalue weighted by molar-refractivity contribution is -0.123. The van der Waals surface area contributed by atoms with Crippen molar-refractivity contribution in [1.29, 1.82) is 0 Å². The summed E-state index contributed by atoms with van der Waals surface area (Å²) in [6.07, 6.45) is -0.397. The zero-order valence-electron chi connectivity index (χ0n) is 13.4. The molecule has 3 rings (SSSR count). The number of nitrogens with zero attached hydrogens (tertiary/aromatic N) is 1. The van der Waals surface area contributed by atoms with Crippen LogP contribution in [0, 0.1) is 17.6 Å². The number of halogens is 4. The Kier molecular flexibility index (Phi) is 4.63. The number of hydrogen-bond donors (Lipinski definition) is 0. The van der Waals surface area contributed by atoms with Gasteiger partial charge >= 0.3 is 0 Å². The zero-order chi connectivity index (χ0) is 17.3. The van der Waals surface area contributed by atoms with Gasteiger partial charge in [0, 0.05) is 31.5 Å². The summed E-state index contributed by atoms with van der Waals surface area (Å²) in [5.41, 5.74) is 1.39. The van der Waals surface area contributed by atoms with Crippen LogP contribution in [0.2, 0.25) is 0 Å². The lowest BCUT2D eigenvalue weighted by Crippen LogP contribution is -2.47. The van der Waals surface area contributed by atoms with E-state index < -0.39 is 35.9 Å². The molecule has 0 aliphatic carbocycles. The summed E-state index contributed by atoms with van der Waals surface area (Å²) in [7, 11) is 0. The van der Waals surface area contributed by atoms with Gasteiger partial charge in [-0.05, 0) is 23.3 Å². The summed E-state index contributed by atoms with van der Waals surface area (Å²) in [5, 5.41) is 0. The predicted octanol–water partition coefficient (Wildman–Crippen LogP) is 5.18. The van der Waals surface area contributed by atoms with E-state index in [1.807, 2.05) is 35.2 Å². The van der Waals surface area contributed by atoms with Gasteiger partial charge in [-0.15, -0.1) is 0 Å². The third-order valence-electron chi connectivity index (χ3n) is 4.69. The van der Waals surface area contributed by atoms with Crippen molar-refractivity contribution in [2.24, 2.45) is 5.92 Å². The summed E-state index contributed by atoms with van der Waals surface area (Å²) in [4.78, 5) is 1.92. The van der Waals surface area contributed by atoms with Crippen LogP contribution in [0.1, 0.15) is 30.5 Å². The topological polar surface area (TPSA) is 3.24 Å². The van der Waals surface area contributed by atoms with Crippen molar-refractivity contribution >= 4 is 0 Å². The minimum Gasteiger partial charge on any atom is -0.291 e. The molecule has 1 heterocycles. The first-order valence-electron chi connectivity index (χ1n) is 7.97. The lowest BCUT2D eigenvalue weighted by atomic mass is 9.86. The fourth-order valence-corrected chi connectivity index (χ4v) is 3.24. The van der Waals surface area contributed by atoms with Gasteiger partial charge in [0.1, 0.15) is 0 Å². The Morgan fingerprint density at radius 2 is 1.75 bits per heavy atom. The number of hydrogen-bond acceptors (Lipinski definition) is 1. The van der Waals surface area contributed by atoms with Gasteiger partial charge in [0.2, 0.25) is 0 Å². The fourth-order valence-electron chi connectivity index (χ4n) is 3.24. The first-order valence-corrected chi connectivity index (χ1v) is 7.97. The summed E-state index contributed by atoms with van der Waals surface area (Å²) in [5.74, 6) is -5.59. The monoisotopic (exact) mass is 337 g/mol. The Hall–Kier alpha value is -1.88.